The van der Waals surface area contributed by atoms with Crippen LogP contribution in [-0.4, -0.2) is 35.8 Å². The fourth-order valence-electron chi connectivity index (χ4n) is 3.26. The molecule has 2 rings (SSSR count). The van der Waals surface area contributed by atoms with Crippen molar-refractivity contribution in [1.29, 1.82) is 0 Å². The van der Waals surface area contributed by atoms with Crippen molar-refractivity contribution in [2.45, 2.75) is 51.0 Å². The molecule has 4 N–H and O–H groups in total. The lowest BCUT2D eigenvalue weighted by atomic mass is 9.91. The highest BCUT2D eigenvalue weighted by atomic mass is 16.2. The van der Waals surface area contributed by atoms with Crippen LogP contribution in [0.15, 0.2) is 0 Å². The minimum Gasteiger partial charge on any atom is -0.369 e. The average Bonchev–Trinajstić information content (AvgIpc) is 2.63. The Kier molecular flexibility index (Phi) is 4.80. The molecule has 108 valence electrons. The summed E-state index contributed by atoms with van der Waals surface area (Å²) in [6, 6.07) is 0.00358. The molecule has 0 radical (unpaired) electrons. The maximum absolute atomic E-state index is 12.5. The zero-order valence-corrected chi connectivity index (χ0v) is 11.5. The van der Waals surface area contributed by atoms with Gasteiger partial charge in [0.05, 0.1) is 5.92 Å². The summed E-state index contributed by atoms with van der Waals surface area (Å²) in [4.78, 5) is 25.5. The van der Waals surface area contributed by atoms with Gasteiger partial charge in [-0.1, -0.05) is 19.3 Å². The van der Waals surface area contributed by atoms with Gasteiger partial charge in [-0.25, -0.2) is 0 Å². The van der Waals surface area contributed by atoms with E-state index in [1.165, 1.54) is 6.42 Å². The van der Waals surface area contributed by atoms with E-state index < -0.39 is 0 Å². The first-order valence-electron chi connectivity index (χ1n) is 7.43. The van der Waals surface area contributed by atoms with E-state index in [9.17, 15) is 9.59 Å². The van der Waals surface area contributed by atoms with Gasteiger partial charge in [-0.05, 0) is 25.7 Å². The number of carbonyl (C=O) groups is 2. The SMILES string of the molecule is NC(=O)C1CCN(C(=O)C2CCCCCC2N)CC1. The Labute approximate surface area is 114 Å². The molecule has 2 fully saturated rings. The van der Waals surface area contributed by atoms with Crippen molar-refractivity contribution in [2.24, 2.45) is 23.3 Å². The molecule has 5 nitrogen and oxygen atoms in total. The molecule has 0 aromatic rings. The summed E-state index contributed by atoms with van der Waals surface area (Å²) in [5.41, 5.74) is 11.5. The van der Waals surface area contributed by atoms with Crippen LogP contribution in [0, 0.1) is 11.8 Å². The van der Waals surface area contributed by atoms with E-state index in [1.807, 2.05) is 4.90 Å². The Hall–Kier alpha value is -1.10. The second kappa shape index (κ2) is 6.37. The van der Waals surface area contributed by atoms with Gasteiger partial charge in [0.25, 0.3) is 0 Å². The molecule has 0 spiro atoms. The molecule has 2 amide bonds. The molecular weight excluding hydrogens is 242 g/mol. The number of primary amides is 1. The van der Waals surface area contributed by atoms with Crippen LogP contribution in [0.1, 0.15) is 44.9 Å². The number of rotatable bonds is 2. The third-order valence-electron chi connectivity index (χ3n) is 4.60. The largest absolute Gasteiger partial charge is 0.369 e. The minimum atomic E-state index is -0.238. The summed E-state index contributed by atoms with van der Waals surface area (Å²) >= 11 is 0. The number of amides is 2. The lowest BCUT2D eigenvalue weighted by molar-refractivity contribution is -0.139. The van der Waals surface area contributed by atoms with Crippen LogP contribution in [0.5, 0.6) is 0 Å². The number of nitrogens with zero attached hydrogens (tertiary/aromatic N) is 1. The molecular formula is C14H25N3O2. The Morgan fingerprint density at radius 3 is 2.21 bits per heavy atom. The monoisotopic (exact) mass is 267 g/mol. The van der Waals surface area contributed by atoms with E-state index >= 15 is 0 Å². The Morgan fingerprint density at radius 2 is 1.58 bits per heavy atom. The predicted octanol–water partition coefficient (Wildman–Crippen LogP) is 0.618. The normalized spacial score (nSPS) is 29.8. The lowest BCUT2D eigenvalue weighted by Gasteiger charge is -2.34. The molecule has 0 aromatic heterocycles. The number of hydrogen-bond acceptors (Lipinski definition) is 3. The van der Waals surface area contributed by atoms with Gasteiger partial charge in [0.1, 0.15) is 0 Å². The van der Waals surface area contributed by atoms with E-state index in [4.69, 9.17) is 11.5 Å². The Morgan fingerprint density at radius 1 is 0.947 bits per heavy atom. The zero-order chi connectivity index (χ0) is 13.8. The summed E-state index contributed by atoms with van der Waals surface area (Å²) in [6.07, 6.45) is 6.67. The first kappa shape index (κ1) is 14.3. The standard InChI is InChI=1S/C14H25N3O2/c15-12-5-3-1-2-4-11(12)14(19)17-8-6-10(7-9-17)13(16)18/h10-12H,1-9,15H2,(H2,16,18). The summed E-state index contributed by atoms with van der Waals surface area (Å²) in [5, 5.41) is 0. The second-order valence-electron chi connectivity index (χ2n) is 5.91. The first-order valence-corrected chi connectivity index (χ1v) is 7.43. The summed E-state index contributed by atoms with van der Waals surface area (Å²) in [5.74, 6) is -0.130. The molecule has 1 saturated carbocycles. The van der Waals surface area contributed by atoms with Crippen molar-refractivity contribution in [3.63, 3.8) is 0 Å². The van der Waals surface area contributed by atoms with E-state index in [0.717, 1.165) is 25.7 Å². The average molecular weight is 267 g/mol. The summed E-state index contributed by atoms with van der Waals surface area (Å²) in [7, 11) is 0. The molecule has 2 aliphatic rings. The van der Waals surface area contributed by atoms with Crippen molar-refractivity contribution in [2.75, 3.05) is 13.1 Å². The molecule has 2 unspecified atom stereocenters. The third kappa shape index (κ3) is 3.47. The molecule has 1 aliphatic heterocycles. The molecule has 1 heterocycles. The highest BCUT2D eigenvalue weighted by molar-refractivity contribution is 5.81. The maximum atomic E-state index is 12.5. The van der Waals surface area contributed by atoms with Gasteiger partial charge in [-0.2, -0.15) is 0 Å². The Balaban J connectivity index is 1.91. The van der Waals surface area contributed by atoms with E-state index in [-0.39, 0.29) is 29.7 Å². The molecule has 5 heteroatoms. The molecule has 19 heavy (non-hydrogen) atoms. The van der Waals surface area contributed by atoms with Gasteiger partial charge >= 0.3 is 0 Å². The first-order chi connectivity index (χ1) is 9.09. The highest BCUT2D eigenvalue weighted by Crippen LogP contribution is 2.26. The van der Waals surface area contributed by atoms with E-state index in [0.29, 0.717) is 25.9 Å². The fraction of sp³-hybridized carbons (Fsp3) is 0.857. The van der Waals surface area contributed by atoms with Gasteiger partial charge in [-0.3, -0.25) is 9.59 Å². The number of carbonyl (C=O) groups excluding carboxylic acids is 2. The van der Waals surface area contributed by atoms with Crippen molar-refractivity contribution < 1.29 is 9.59 Å². The number of likely N-dealkylation sites (tertiary alicyclic amines) is 1. The van der Waals surface area contributed by atoms with Gasteiger partial charge in [0.2, 0.25) is 11.8 Å². The Bertz CT molecular complexity index is 338. The van der Waals surface area contributed by atoms with E-state index in [2.05, 4.69) is 0 Å². The van der Waals surface area contributed by atoms with Crippen LogP contribution in [0.3, 0.4) is 0 Å². The van der Waals surface area contributed by atoms with Crippen LogP contribution in [0.2, 0.25) is 0 Å². The van der Waals surface area contributed by atoms with Gasteiger partial charge in [-0.15, -0.1) is 0 Å². The minimum absolute atomic E-state index is 0.00358. The molecule has 1 aliphatic carbocycles. The van der Waals surface area contributed by atoms with Crippen LogP contribution < -0.4 is 11.5 Å². The number of nitrogens with two attached hydrogens (primary N) is 2. The van der Waals surface area contributed by atoms with Crippen LogP contribution in [0.4, 0.5) is 0 Å². The predicted molar refractivity (Wildman–Crippen MR) is 73.0 cm³/mol. The third-order valence-corrected chi connectivity index (χ3v) is 4.60. The van der Waals surface area contributed by atoms with Crippen molar-refractivity contribution in [3.8, 4) is 0 Å². The maximum Gasteiger partial charge on any atom is 0.227 e. The zero-order valence-electron chi connectivity index (χ0n) is 11.5. The second-order valence-corrected chi connectivity index (χ2v) is 5.91. The number of hydrogen-bond donors (Lipinski definition) is 2. The van der Waals surface area contributed by atoms with Crippen molar-refractivity contribution in [3.05, 3.63) is 0 Å². The van der Waals surface area contributed by atoms with Crippen LogP contribution in [0.25, 0.3) is 0 Å². The van der Waals surface area contributed by atoms with Crippen LogP contribution in [-0.2, 0) is 9.59 Å². The van der Waals surface area contributed by atoms with Crippen molar-refractivity contribution >= 4 is 11.8 Å². The fourth-order valence-corrected chi connectivity index (χ4v) is 3.26. The van der Waals surface area contributed by atoms with Crippen LogP contribution >= 0.6 is 0 Å². The number of piperidine rings is 1. The smallest absolute Gasteiger partial charge is 0.227 e. The summed E-state index contributed by atoms with van der Waals surface area (Å²) in [6.45, 7) is 1.30. The van der Waals surface area contributed by atoms with E-state index in [1.54, 1.807) is 0 Å². The van der Waals surface area contributed by atoms with Gasteiger partial charge < -0.3 is 16.4 Å². The molecule has 0 bridgehead atoms. The van der Waals surface area contributed by atoms with Gasteiger partial charge in [0, 0.05) is 25.0 Å². The molecule has 1 saturated heterocycles. The van der Waals surface area contributed by atoms with Gasteiger partial charge in [0.15, 0.2) is 0 Å². The molecule has 0 aromatic carbocycles. The topological polar surface area (TPSA) is 89.4 Å². The van der Waals surface area contributed by atoms with Crippen molar-refractivity contribution in [1.82, 2.24) is 4.90 Å². The highest BCUT2D eigenvalue weighted by Gasteiger charge is 2.33. The lowest BCUT2D eigenvalue weighted by Crippen LogP contribution is -2.48. The quantitative estimate of drug-likeness (QED) is 0.719. The molecule has 2 atom stereocenters. The summed E-state index contributed by atoms with van der Waals surface area (Å²) < 4.78 is 0.